The SMILES string of the molecule is CC(=NO)C(=O)c1ccc2c(c1)CCC(=O)N2. The fraction of sp³-hybridized carbons (Fsp3) is 0.250. The van der Waals surface area contributed by atoms with Crippen LogP contribution in [-0.4, -0.2) is 22.6 Å². The summed E-state index contributed by atoms with van der Waals surface area (Å²) in [4.78, 5) is 22.9. The van der Waals surface area contributed by atoms with E-state index in [1.807, 2.05) is 0 Å². The maximum absolute atomic E-state index is 11.7. The third-order valence-corrected chi connectivity index (χ3v) is 2.74. The van der Waals surface area contributed by atoms with Crippen LogP contribution in [0.15, 0.2) is 23.4 Å². The number of hydrogen-bond donors (Lipinski definition) is 2. The number of hydrogen-bond acceptors (Lipinski definition) is 4. The van der Waals surface area contributed by atoms with Crippen LogP contribution in [0.5, 0.6) is 0 Å². The van der Waals surface area contributed by atoms with Gasteiger partial charge in [0.1, 0.15) is 5.71 Å². The van der Waals surface area contributed by atoms with Gasteiger partial charge in [-0.25, -0.2) is 0 Å². The fourth-order valence-corrected chi connectivity index (χ4v) is 1.78. The zero-order valence-electron chi connectivity index (χ0n) is 9.36. The van der Waals surface area contributed by atoms with E-state index in [-0.39, 0.29) is 17.4 Å². The molecule has 0 atom stereocenters. The van der Waals surface area contributed by atoms with Crippen LogP contribution in [0.25, 0.3) is 0 Å². The van der Waals surface area contributed by atoms with Crippen molar-refractivity contribution in [3.8, 4) is 0 Å². The molecule has 5 nitrogen and oxygen atoms in total. The number of nitrogens with zero attached hydrogens (tertiary/aromatic N) is 1. The Bertz CT molecular complexity index is 520. The lowest BCUT2D eigenvalue weighted by Gasteiger charge is -2.17. The predicted octanol–water partition coefficient (Wildman–Crippen LogP) is 1.60. The number of benzene rings is 1. The summed E-state index contributed by atoms with van der Waals surface area (Å²) in [5, 5.41) is 14.2. The number of fused-ring (bicyclic) bond motifs is 1. The van der Waals surface area contributed by atoms with Crippen molar-refractivity contribution >= 4 is 23.1 Å². The first-order valence-electron chi connectivity index (χ1n) is 5.28. The Morgan fingerprint density at radius 1 is 1.41 bits per heavy atom. The van der Waals surface area contributed by atoms with Gasteiger partial charge in [0.2, 0.25) is 11.7 Å². The van der Waals surface area contributed by atoms with Crippen molar-refractivity contribution in [2.75, 3.05) is 5.32 Å². The standard InChI is InChI=1S/C12H12N2O3/c1-7(14-17)12(16)9-2-4-10-8(6-9)3-5-11(15)13-10/h2,4,6,17H,3,5H2,1H3,(H,13,15). The molecule has 0 aromatic heterocycles. The van der Waals surface area contributed by atoms with E-state index in [1.165, 1.54) is 6.92 Å². The second-order valence-electron chi connectivity index (χ2n) is 3.93. The number of Topliss-reactive ketones (excluding diaryl/α,β-unsaturated/α-hetero) is 1. The molecule has 0 bridgehead atoms. The van der Waals surface area contributed by atoms with Gasteiger partial charge < -0.3 is 10.5 Å². The van der Waals surface area contributed by atoms with Crippen molar-refractivity contribution in [1.29, 1.82) is 0 Å². The van der Waals surface area contributed by atoms with E-state index in [1.54, 1.807) is 18.2 Å². The van der Waals surface area contributed by atoms with Crippen molar-refractivity contribution in [2.45, 2.75) is 19.8 Å². The van der Waals surface area contributed by atoms with Gasteiger partial charge in [0.15, 0.2) is 0 Å². The second-order valence-corrected chi connectivity index (χ2v) is 3.93. The summed E-state index contributed by atoms with van der Waals surface area (Å²) >= 11 is 0. The largest absolute Gasteiger partial charge is 0.411 e. The zero-order valence-corrected chi connectivity index (χ0v) is 9.36. The van der Waals surface area contributed by atoms with Gasteiger partial charge in [-0.05, 0) is 37.1 Å². The number of aryl methyl sites for hydroxylation is 1. The van der Waals surface area contributed by atoms with Crippen LogP contribution < -0.4 is 5.32 Å². The highest BCUT2D eigenvalue weighted by Gasteiger charge is 2.17. The lowest BCUT2D eigenvalue weighted by atomic mass is 9.98. The van der Waals surface area contributed by atoms with Gasteiger partial charge in [-0.3, -0.25) is 9.59 Å². The van der Waals surface area contributed by atoms with E-state index in [4.69, 9.17) is 5.21 Å². The van der Waals surface area contributed by atoms with E-state index in [9.17, 15) is 9.59 Å². The maximum Gasteiger partial charge on any atom is 0.224 e. The van der Waals surface area contributed by atoms with Gasteiger partial charge in [-0.15, -0.1) is 0 Å². The average Bonchev–Trinajstić information content (AvgIpc) is 2.36. The molecule has 0 radical (unpaired) electrons. The predicted molar refractivity (Wildman–Crippen MR) is 62.6 cm³/mol. The molecule has 1 amide bonds. The Morgan fingerprint density at radius 2 is 2.18 bits per heavy atom. The molecule has 0 spiro atoms. The minimum atomic E-state index is -0.313. The molecular weight excluding hydrogens is 220 g/mol. The van der Waals surface area contributed by atoms with Crippen LogP contribution in [0, 0.1) is 0 Å². The van der Waals surface area contributed by atoms with E-state index >= 15 is 0 Å². The Balaban J connectivity index is 2.34. The number of amides is 1. The highest BCUT2D eigenvalue weighted by atomic mass is 16.4. The van der Waals surface area contributed by atoms with Crippen LogP contribution in [0.3, 0.4) is 0 Å². The van der Waals surface area contributed by atoms with Crippen LogP contribution in [0.4, 0.5) is 5.69 Å². The van der Waals surface area contributed by atoms with Crippen molar-refractivity contribution in [3.63, 3.8) is 0 Å². The third kappa shape index (κ3) is 2.18. The third-order valence-electron chi connectivity index (χ3n) is 2.74. The van der Waals surface area contributed by atoms with Crippen LogP contribution in [0.1, 0.15) is 29.3 Å². The highest BCUT2D eigenvalue weighted by molar-refractivity contribution is 6.45. The topological polar surface area (TPSA) is 78.8 Å². The molecule has 88 valence electrons. The summed E-state index contributed by atoms with van der Waals surface area (Å²) < 4.78 is 0. The van der Waals surface area contributed by atoms with Gasteiger partial charge >= 0.3 is 0 Å². The van der Waals surface area contributed by atoms with Gasteiger partial charge in [-0.2, -0.15) is 0 Å². The van der Waals surface area contributed by atoms with E-state index in [0.717, 1.165) is 11.3 Å². The van der Waals surface area contributed by atoms with Crippen molar-refractivity contribution < 1.29 is 14.8 Å². The van der Waals surface area contributed by atoms with E-state index < -0.39 is 0 Å². The summed E-state index contributed by atoms with van der Waals surface area (Å²) in [6.07, 6.45) is 1.05. The lowest BCUT2D eigenvalue weighted by molar-refractivity contribution is -0.116. The maximum atomic E-state index is 11.7. The summed E-state index contributed by atoms with van der Waals surface area (Å²) in [6, 6.07) is 5.04. The highest BCUT2D eigenvalue weighted by Crippen LogP contribution is 2.23. The Kier molecular flexibility index (Phi) is 2.91. The number of rotatable bonds is 2. The van der Waals surface area contributed by atoms with Crippen LogP contribution in [0.2, 0.25) is 0 Å². The first-order valence-corrected chi connectivity index (χ1v) is 5.28. The molecule has 1 heterocycles. The summed E-state index contributed by atoms with van der Waals surface area (Å²) in [5.41, 5.74) is 2.19. The van der Waals surface area contributed by atoms with Gasteiger partial charge in [-0.1, -0.05) is 5.16 Å². The normalized spacial score (nSPS) is 15.1. The number of ketones is 1. The molecule has 1 aliphatic heterocycles. The first-order chi connectivity index (χ1) is 8.11. The summed E-state index contributed by atoms with van der Waals surface area (Å²) in [6.45, 7) is 1.45. The smallest absolute Gasteiger partial charge is 0.224 e. The van der Waals surface area contributed by atoms with E-state index in [0.29, 0.717) is 18.4 Å². The monoisotopic (exact) mass is 232 g/mol. The van der Waals surface area contributed by atoms with Gasteiger partial charge in [0, 0.05) is 17.7 Å². The van der Waals surface area contributed by atoms with Crippen LogP contribution in [-0.2, 0) is 11.2 Å². The molecule has 0 saturated carbocycles. The van der Waals surface area contributed by atoms with E-state index in [2.05, 4.69) is 10.5 Å². The van der Waals surface area contributed by atoms with Crippen molar-refractivity contribution in [3.05, 3.63) is 29.3 Å². The Morgan fingerprint density at radius 3 is 2.88 bits per heavy atom. The summed E-state index contributed by atoms with van der Waals surface area (Å²) in [5.74, 6) is -0.322. The molecule has 1 aromatic carbocycles. The van der Waals surface area contributed by atoms with Gasteiger partial charge in [0.05, 0.1) is 0 Å². The molecule has 0 aliphatic carbocycles. The number of nitrogens with one attached hydrogen (secondary N) is 1. The molecule has 0 fully saturated rings. The molecule has 17 heavy (non-hydrogen) atoms. The lowest BCUT2D eigenvalue weighted by Crippen LogP contribution is -2.20. The molecule has 5 heteroatoms. The minimum absolute atomic E-state index is 0.00956. The zero-order chi connectivity index (χ0) is 12.4. The summed E-state index contributed by atoms with van der Waals surface area (Å²) in [7, 11) is 0. The minimum Gasteiger partial charge on any atom is -0.411 e. The van der Waals surface area contributed by atoms with Crippen molar-refractivity contribution in [1.82, 2.24) is 0 Å². The molecule has 2 rings (SSSR count). The molecule has 1 aliphatic rings. The second kappa shape index (κ2) is 4.37. The first kappa shape index (κ1) is 11.3. The molecule has 2 N–H and O–H groups in total. The molecule has 0 saturated heterocycles. The van der Waals surface area contributed by atoms with Crippen LogP contribution >= 0.6 is 0 Å². The molecular formula is C12H12N2O3. The molecule has 0 unspecified atom stereocenters. The average molecular weight is 232 g/mol. The van der Waals surface area contributed by atoms with Crippen molar-refractivity contribution in [2.24, 2.45) is 5.16 Å². The molecule has 1 aromatic rings. The number of oxime groups is 1. The Hall–Kier alpha value is -2.17. The quantitative estimate of drug-likeness (QED) is 0.352. The number of anilines is 1. The number of carbonyl (C=O) groups is 2. The Labute approximate surface area is 98.1 Å². The van der Waals surface area contributed by atoms with Gasteiger partial charge in [0.25, 0.3) is 0 Å². The fourth-order valence-electron chi connectivity index (χ4n) is 1.78. The number of carbonyl (C=O) groups excluding carboxylic acids is 2.